The third-order valence-electron chi connectivity index (χ3n) is 5.88. The summed E-state index contributed by atoms with van der Waals surface area (Å²) < 4.78 is 25.3. The van der Waals surface area contributed by atoms with E-state index in [9.17, 15) is 13.2 Å². The number of nitrogens with one attached hydrogen (secondary N) is 1. The second-order valence-corrected chi connectivity index (χ2v) is 9.82. The van der Waals surface area contributed by atoms with E-state index in [0.717, 1.165) is 23.1 Å². The number of hydroxylamine groups is 1. The van der Waals surface area contributed by atoms with Gasteiger partial charge < -0.3 is 5.32 Å². The largest absolute Gasteiger partial charge is 0.348 e. The molecule has 8 heteroatoms. The summed E-state index contributed by atoms with van der Waals surface area (Å²) in [5.74, 6) is -0.245. The Morgan fingerprint density at radius 2 is 1.81 bits per heavy atom. The topological polar surface area (TPSA) is 78.9 Å². The van der Waals surface area contributed by atoms with E-state index in [1.54, 1.807) is 0 Å². The Kier molecular flexibility index (Phi) is 7.83. The number of amides is 1. The van der Waals surface area contributed by atoms with Gasteiger partial charge >= 0.3 is 0 Å². The van der Waals surface area contributed by atoms with E-state index in [1.807, 2.05) is 18.2 Å². The highest BCUT2D eigenvalue weighted by Crippen LogP contribution is 2.21. The number of carbonyl (C=O) groups is 1. The number of likely N-dealkylation sites (tertiary alicyclic amines) is 1. The number of rotatable bonds is 8. The Morgan fingerprint density at radius 1 is 1.13 bits per heavy atom. The van der Waals surface area contributed by atoms with Crippen molar-refractivity contribution < 1.29 is 18.0 Å². The van der Waals surface area contributed by atoms with Crippen LogP contribution in [-0.4, -0.2) is 50.4 Å². The molecule has 168 valence electrons. The van der Waals surface area contributed by atoms with Crippen LogP contribution in [-0.2, 0) is 28.0 Å². The third kappa shape index (κ3) is 5.71. The smallest absolute Gasteiger partial charge is 0.264 e. The maximum absolute atomic E-state index is 12.6. The highest BCUT2D eigenvalue weighted by atomic mass is 32.2. The van der Waals surface area contributed by atoms with Crippen LogP contribution >= 0.6 is 0 Å². The zero-order chi connectivity index (χ0) is 22.4. The number of sulfonamides is 1. The van der Waals surface area contributed by atoms with Crippen LogP contribution < -0.4 is 5.32 Å². The molecule has 31 heavy (non-hydrogen) atoms. The molecule has 0 aromatic heterocycles. The lowest BCUT2D eigenvalue weighted by atomic mass is 10.0. The molecule has 2 aromatic carbocycles. The first-order valence-corrected chi connectivity index (χ1v) is 12.0. The highest BCUT2D eigenvalue weighted by molar-refractivity contribution is 7.89. The van der Waals surface area contributed by atoms with Gasteiger partial charge in [0.05, 0.1) is 12.0 Å². The molecule has 0 spiro atoms. The minimum Gasteiger partial charge on any atom is -0.348 e. The van der Waals surface area contributed by atoms with E-state index < -0.39 is 10.0 Å². The van der Waals surface area contributed by atoms with E-state index in [4.69, 9.17) is 4.84 Å². The molecule has 3 rings (SSSR count). The molecule has 1 aliphatic rings. The van der Waals surface area contributed by atoms with Gasteiger partial charge in [-0.05, 0) is 61.7 Å². The van der Waals surface area contributed by atoms with Gasteiger partial charge in [-0.25, -0.2) is 8.42 Å². The fourth-order valence-electron chi connectivity index (χ4n) is 3.80. The molecule has 0 aliphatic carbocycles. The van der Waals surface area contributed by atoms with Crippen LogP contribution in [0.3, 0.4) is 0 Å². The van der Waals surface area contributed by atoms with Crippen LogP contribution in [0.4, 0.5) is 0 Å². The van der Waals surface area contributed by atoms with Crippen molar-refractivity contribution in [3.8, 4) is 0 Å². The van der Waals surface area contributed by atoms with Crippen molar-refractivity contribution in [2.75, 3.05) is 20.7 Å². The van der Waals surface area contributed by atoms with Gasteiger partial charge in [-0.3, -0.25) is 14.5 Å². The summed E-state index contributed by atoms with van der Waals surface area (Å²) in [6.45, 7) is 4.68. The lowest BCUT2D eigenvalue weighted by molar-refractivity contribution is -0.0258. The van der Waals surface area contributed by atoms with Crippen molar-refractivity contribution in [3.05, 3.63) is 65.2 Å². The van der Waals surface area contributed by atoms with Gasteiger partial charge in [-0.1, -0.05) is 35.2 Å². The van der Waals surface area contributed by atoms with E-state index in [0.29, 0.717) is 18.2 Å². The van der Waals surface area contributed by atoms with Gasteiger partial charge in [0.2, 0.25) is 0 Å². The predicted octanol–water partition coefficient (Wildman–Crippen LogP) is 3.17. The number of hydrogen-bond donors (Lipinski definition) is 1. The summed E-state index contributed by atoms with van der Waals surface area (Å²) in [6.07, 6.45) is 3.75. The maximum Gasteiger partial charge on any atom is 0.264 e. The van der Waals surface area contributed by atoms with E-state index >= 15 is 0 Å². The van der Waals surface area contributed by atoms with Gasteiger partial charge in [-0.15, -0.1) is 0 Å². The first-order chi connectivity index (χ1) is 14.8. The van der Waals surface area contributed by atoms with Crippen LogP contribution in [0, 0.1) is 0 Å². The lowest BCUT2D eigenvalue weighted by Gasteiger charge is -2.33. The van der Waals surface area contributed by atoms with Crippen molar-refractivity contribution in [1.82, 2.24) is 14.7 Å². The molecule has 1 N–H and O–H groups in total. The summed E-state index contributed by atoms with van der Waals surface area (Å²) in [7, 11) is -1.14. The van der Waals surface area contributed by atoms with E-state index in [-0.39, 0.29) is 10.8 Å². The van der Waals surface area contributed by atoms with Gasteiger partial charge in [-0.2, -0.15) is 0 Å². The molecule has 1 unspecified atom stereocenters. The molecule has 1 amide bonds. The third-order valence-corrected chi connectivity index (χ3v) is 7.58. The van der Waals surface area contributed by atoms with Crippen LogP contribution in [0.15, 0.2) is 53.4 Å². The normalized spacial score (nSPS) is 17.6. The number of piperidine rings is 1. The molecular weight excluding hydrogens is 414 g/mol. The molecule has 1 fully saturated rings. The van der Waals surface area contributed by atoms with Gasteiger partial charge in [0.25, 0.3) is 15.9 Å². The second kappa shape index (κ2) is 10.4. The molecule has 0 radical (unpaired) electrons. The summed E-state index contributed by atoms with van der Waals surface area (Å²) in [6, 6.07) is 14.6. The molecule has 2 aromatic rings. The average Bonchev–Trinajstić information content (AvgIpc) is 2.79. The molecule has 7 nitrogen and oxygen atoms in total. The molecule has 0 saturated carbocycles. The van der Waals surface area contributed by atoms with Gasteiger partial charge in [0, 0.05) is 31.7 Å². The summed E-state index contributed by atoms with van der Waals surface area (Å²) >= 11 is 0. The first kappa shape index (κ1) is 23.4. The fraction of sp³-hybridized carbons (Fsp3) is 0.435. The number of carbonyl (C=O) groups excluding carboxylic acids is 1. The number of hydrogen-bond acceptors (Lipinski definition) is 5. The zero-order valence-corrected chi connectivity index (χ0v) is 19.2. The minimum absolute atomic E-state index is 0.0643. The van der Waals surface area contributed by atoms with Crippen LogP contribution in [0.25, 0.3) is 0 Å². The van der Waals surface area contributed by atoms with Crippen molar-refractivity contribution in [2.45, 2.75) is 50.2 Å². The monoisotopic (exact) mass is 445 g/mol. The quantitative estimate of drug-likeness (QED) is 0.632. The van der Waals surface area contributed by atoms with E-state index in [2.05, 4.69) is 23.2 Å². The van der Waals surface area contributed by atoms with Crippen LogP contribution in [0.2, 0.25) is 0 Å². The zero-order valence-electron chi connectivity index (χ0n) is 18.4. The molecular formula is C23H31N3O4S. The Labute approximate surface area is 185 Å². The van der Waals surface area contributed by atoms with Crippen molar-refractivity contribution >= 4 is 15.9 Å². The van der Waals surface area contributed by atoms with Crippen molar-refractivity contribution in [3.63, 3.8) is 0 Å². The lowest BCUT2D eigenvalue weighted by Crippen LogP contribution is -2.37. The minimum atomic E-state index is -3.74. The fourth-order valence-corrected chi connectivity index (χ4v) is 4.77. The maximum atomic E-state index is 12.6. The first-order valence-electron chi connectivity index (χ1n) is 10.5. The molecule has 1 aliphatic heterocycles. The SMILES string of the molecule is CON(C)S(=O)(=O)c1ccc(C(=O)NCc2ccccc2CN2CCCCC2C)cc1. The summed E-state index contributed by atoms with van der Waals surface area (Å²) in [5.41, 5.74) is 2.72. The summed E-state index contributed by atoms with van der Waals surface area (Å²) in [5, 5.41) is 2.95. The standard InChI is InChI=1S/C23H31N3O4S/c1-18-8-6-7-15-26(18)17-21-10-5-4-9-20(21)16-24-23(27)19-11-13-22(14-12-19)31(28,29)25(2)30-3/h4-5,9-14,18H,6-8,15-17H2,1-3H3,(H,24,27). The average molecular weight is 446 g/mol. The van der Waals surface area contributed by atoms with Crippen LogP contribution in [0.1, 0.15) is 47.7 Å². The number of benzene rings is 2. The summed E-state index contributed by atoms with van der Waals surface area (Å²) in [4.78, 5) is 20.0. The number of nitrogens with zero attached hydrogens (tertiary/aromatic N) is 2. The predicted molar refractivity (Wildman–Crippen MR) is 120 cm³/mol. The van der Waals surface area contributed by atoms with Crippen LogP contribution in [0.5, 0.6) is 0 Å². The Morgan fingerprint density at radius 3 is 2.45 bits per heavy atom. The van der Waals surface area contributed by atoms with Gasteiger partial charge in [0.15, 0.2) is 0 Å². The van der Waals surface area contributed by atoms with E-state index in [1.165, 1.54) is 63.2 Å². The molecule has 0 bridgehead atoms. The van der Waals surface area contributed by atoms with Crippen molar-refractivity contribution in [2.24, 2.45) is 0 Å². The highest BCUT2D eigenvalue weighted by Gasteiger charge is 2.21. The second-order valence-electron chi connectivity index (χ2n) is 7.89. The molecule has 1 heterocycles. The molecule has 1 saturated heterocycles. The van der Waals surface area contributed by atoms with Crippen molar-refractivity contribution in [1.29, 1.82) is 0 Å². The Hall–Kier alpha value is -2.26. The Balaban J connectivity index is 1.65. The van der Waals surface area contributed by atoms with Gasteiger partial charge in [0.1, 0.15) is 0 Å². The Bertz CT molecular complexity index is 992. The molecule has 1 atom stereocenters.